The molecule has 0 unspecified atom stereocenters. The van der Waals surface area contributed by atoms with E-state index in [1.165, 1.54) is 0 Å². The van der Waals surface area contributed by atoms with Crippen molar-refractivity contribution >= 4 is 39.1 Å². The number of nitrogens with one attached hydrogen (secondary N) is 1. The van der Waals surface area contributed by atoms with Crippen molar-refractivity contribution in [1.82, 2.24) is 0 Å². The number of aryl methyl sites for hydroxylation is 3. The van der Waals surface area contributed by atoms with Gasteiger partial charge in [-0.05, 0) is 61.2 Å². The first-order valence-electron chi connectivity index (χ1n) is 6.77. The molecule has 0 saturated heterocycles. The lowest BCUT2D eigenvalue weighted by Gasteiger charge is -2.12. The summed E-state index contributed by atoms with van der Waals surface area (Å²) in [6.07, 6.45) is 1.16. The van der Waals surface area contributed by atoms with Crippen LogP contribution >= 0.6 is 27.5 Å². The van der Waals surface area contributed by atoms with Crippen molar-refractivity contribution in [3.63, 3.8) is 0 Å². The van der Waals surface area contributed by atoms with Crippen LogP contribution in [0, 0.1) is 13.8 Å². The summed E-state index contributed by atoms with van der Waals surface area (Å²) < 4.78 is 1.02. The molecular formula is C17H17BrClNO. The Morgan fingerprint density at radius 1 is 1.14 bits per heavy atom. The molecule has 0 radical (unpaired) electrons. The smallest absolute Gasteiger partial charge is 0.224 e. The van der Waals surface area contributed by atoms with E-state index in [-0.39, 0.29) is 5.91 Å². The maximum absolute atomic E-state index is 12.1. The highest BCUT2D eigenvalue weighted by molar-refractivity contribution is 9.10. The molecule has 0 atom stereocenters. The number of anilines is 1. The van der Waals surface area contributed by atoms with E-state index in [2.05, 4.69) is 21.2 Å². The van der Waals surface area contributed by atoms with Crippen LogP contribution in [0.15, 0.2) is 40.9 Å². The van der Waals surface area contributed by atoms with E-state index >= 15 is 0 Å². The minimum absolute atomic E-state index is 0.0264. The second-order valence-corrected chi connectivity index (χ2v) is 6.44. The molecule has 2 nitrogen and oxygen atoms in total. The first kappa shape index (κ1) is 16.1. The van der Waals surface area contributed by atoms with Crippen LogP contribution in [0.3, 0.4) is 0 Å². The van der Waals surface area contributed by atoms with Gasteiger partial charge in [0, 0.05) is 21.6 Å². The van der Waals surface area contributed by atoms with Crippen LogP contribution in [-0.2, 0) is 11.2 Å². The minimum Gasteiger partial charge on any atom is -0.326 e. The molecular weight excluding hydrogens is 350 g/mol. The molecule has 1 N–H and O–H groups in total. The summed E-state index contributed by atoms with van der Waals surface area (Å²) in [5.74, 6) is 0.0264. The number of carbonyl (C=O) groups excluding carboxylic acids is 1. The molecule has 0 aliphatic rings. The number of rotatable bonds is 4. The van der Waals surface area contributed by atoms with Gasteiger partial charge in [-0.25, -0.2) is 0 Å². The van der Waals surface area contributed by atoms with Crippen molar-refractivity contribution in [3.8, 4) is 0 Å². The van der Waals surface area contributed by atoms with E-state index in [9.17, 15) is 4.79 Å². The average Bonchev–Trinajstić information content (AvgIpc) is 2.42. The molecule has 0 aromatic heterocycles. The van der Waals surface area contributed by atoms with Crippen LogP contribution in [0.2, 0.25) is 5.02 Å². The lowest BCUT2D eigenvalue weighted by atomic mass is 10.1. The number of carbonyl (C=O) groups is 1. The Balaban J connectivity index is 1.97. The third kappa shape index (κ3) is 4.58. The van der Waals surface area contributed by atoms with Gasteiger partial charge in [0.1, 0.15) is 0 Å². The molecule has 0 spiro atoms. The summed E-state index contributed by atoms with van der Waals surface area (Å²) in [6, 6.07) is 11.6. The zero-order valence-electron chi connectivity index (χ0n) is 12.0. The Labute approximate surface area is 138 Å². The van der Waals surface area contributed by atoms with Crippen LogP contribution in [-0.4, -0.2) is 5.91 Å². The van der Waals surface area contributed by atoms with Gasteiger partial charge in [0.2, 0.25) is 5.91 Å². The maximum atomic E-state index is 12.1. The second kappa shape index (κ2) is 7.10. The van der Waals surface area contributed by atoms with E-state index in [0.717, 1.165) is 26.9 Å². The normalized spacial score (nSPS) is 10.5. The molecule has 2 aromatic rings. The molecule has 1 amide bonds. The van der Waals surface area contributed by atoms with Gasteiger partial charge in [0.15, 0.2) is 0 Å². The molecule has 0 bridgehead atoms. The minimum atomic E-state index is 0.0264. The third-order valence-electron chi connectivity index (χ3n) is 3.32. The molecule has 0 aliphatic heterocycles. The van der Waals surface area contributed by atoms with Gasteiger partial charge in [0.05, 0.1) is 0 Å². The molecule has 0 heterocycles. The standard InChI is InChI=1S/C17H17BrClNO/c1-11-9-14(18)10-12(2)17(11)20-16(21)8-5-13-3-6-15(19)7-4-13/h3-4,6-7,9-10H,5,8H2,1-2H3,(H,20,21). The fourth-order valence-electron chi connectivity index (χ4n) is 2.22. The van der Waals surface area contributed by atoms with Crippen LogP contribution in [0.1, 0.15) is 23.1 Å². The highest BCUT2D eigenvalue weighted by Gasteiger charge is 2.08. The maximum Gasteiger partial charge on any atom is 0.224 e. The Morgan fingerprint density at radius 2 is 1.71 bits per heavy atom. The monoisotopic (exact) mass is 365 g/mol. The zero-order valence-corrected chi connectivity index (χ0v) is 14.4. The van der Waals surface area contributed by atoms with E-state index in [4.69, 9.17) is 11.6 Å². The predicted molar refractivity (Wildman–Crippen MR) is 92.0 cm³/mol. The first-order chi connectivity index (χ1) is 9.95. The van der Waals surface area contributed by atoms with E-state index in [0.29, 0.717) is 17.9 Å². The van der Waals surface area contributed by atoms with Crippen molar-refractivity contribution in [2.24, 2.45) is 0 Å². The Hall–Kier alpha value is -1.32. The second-order valence-electron chi connectivity index (χ2n) is 5.09. The molecule has 2 rings (SSSR count). The van der Waals surface area contributed by atoms with Crippen molar-refractivity contribution in [2.75, 3.05) is 5.32 Å². The number of amides is 1. The summed E-state index contributed by atoms with van der Waals surface area (Å²) in [7, 11) is 0. The number of benzene rings is 2. The zero-order chi connectivity index (χ0) is 15.4. The van der Waals surface area contributed by atoms with Crippen LogP contribution in [0.5, 0.6) is 0 Å². The fraction of sp³-hybridized carbons (Fsp3) is 0.235. The molecule has 0 fully saturated rings. The van der Waals surface area contributed by atoms with Gasteiger partial charge in [-0.2, -0.15) is 0 Å². The van der Waals surface area contributed by atoms with Crippen molar-refractivity contribution < 1.29 is 4.79 Å². The summed E-state index contributed by atoms with van der Waals surface area (Å²) in [6.45, 7) is 3.99. The van der Waals surface area contributed by atoms with Crippen LogP contribution in [0.4, 0.5) is 5.69 Å². The summed E-state index contributed by atoms with van der Waals surface area (Å²) >= 11 is 9.30. The Morgan fingerprint density at radius 3 is 2.29 bits per heavy atom. The lowest BCUT2D eigenvalue weighted by Crippen LogP contribution is -2.14. The highest BCUT2D eigenvalue weighted by atomic mass is 79.9. The lowest BCUT2D eigenvalue weighted by molar-refractivity contribution is -0.116. The molecule has 110 valence electrons. The summed E-state index contributed by atoms with van der Waals surface area (Å²) in [4.78, 5) is 12.1. The largest absolute Gasteiger partial charge is 0.326 e. The van der Waals surface area contributed by atoms with Crippen LogP contribution in [0.25, 0.3) is 0 Å². The Kier molecular flexibility index (Phi) is 5.43. The first-order valence-corrected chi connectivity index (χ1v) is 7.94. The van der Waals surface area contributed by atoms with Crippen molar-refractivity contribution in [3.05, 3.63) is 62.6 Å². The highest BCUT2D eigenvalue weighted by Crippen LogP contribution is 2.25. The quantitative estimate of drug-likeness (QED) is 0.782. The summed E-state index contributed by atoms with van der Waals surface area (Å²) in [5.41, 5.74) is 4.13. The number of hydrogen-bond donors (Lipinski definition) is 1. The van der Waals surface area contributed by atoms with Gasteiger partial charge in [0.25, 0.3) is 0 Å². The fourth-order valence-corrected chi connectivity index (χ4v) is 3.03. The van der Waals surface area contributed by atoms with E-state index < -0.39 is 0 Å². The van der Waals surface area contributed by atoms with E-state index in [1.54, 1.807) is 0 Å². The molecule has 4 heteroatoms. The molecule has 0 saturated carbocycles. The third-order valence-corrected chi connectivity index (χ3v) is 4.03. The van der Waals surface area contributed by atoms with Gasteiger partial charge < -0.3 is 5.32 Å². The molecule has 0 aliphatic carbocycles. The van der Waals surface area contributed by atoms with Gasteiger partial charge >= 0.3 is 0 Å². The van der Waals surface area contributed by atoms with Gasteiger partial charge in [-0.3, -0.25) is 4.79 Å². The Bertz CT molecular complexity index is 629. The molecule has 2 aromatic carbocycles. The number of halogens is 2. The average molecular weight is 367 g/mol. The van der Waals surface area contributed by atoms with Crippen molar-refractivity contribution in [1.29, 1.82) is 0 Å². The van der Waals surface area contributed by atoms with E-state index in [1.807, 2.05) is 50.2 Å². The van der Waals surface area contributed by atoms with Crippen LogP contribution < -0.4 is 5.32 Å². The van der Waals surface area contributed by atoms with Gasteiger partial charge in [-0.15, -0.1) is 0 Å². The predicted octanol–water partition coefficient (Wildman–Crippen LogP) is 5.29. The van der Waals surface area contributed by atoms with Crippen molar-refractivity contribution in [2.45, 2.75) is 26.7 Å². The number of hydrogen-bond acceptors (Lipinski definition) is 1. The molecule has 21 heavy (non-hydrogen) atoms. The topological polar surface area (TPSA) is 29.1 Å². The van der Waals surface area contributed by atoms with Gasteiger partial charge in [-0.1, -0.05) is 39.7 Å². The SMILES string of the molecule is Cc1cc(Br)cc(C)c1NC(=O)CCc1ccc(Cl)cc1. The summed E-state index contributed by atoms with van der Waals surface area (Å²) in [5, 5.41) is 3.71.